The molecule has 0 bridgehead atoms. The number of ether oxygens (including phenoxy) is 2. The highest BCUT2D eigenvalue weighted by Crippen LogP contribution is 2.42. The maximum absolute atomic E-state index is 13.9. The molecule has 204 valence electrons. The minimum Gasteiger partial charge on any atom is -0.462 e. The van der Waals surface area contributed by atoms with Gasteiger partial charge in [-0.1, -0.05) is 55.8 Å². The largest absolute Gasteiger partial charge is 0.462 e. The topological polar surface area (TPSA) is 86.0 Å². The van der Waals surface area contributed by atoms with Gasteiger partial charge in [-0.2, -0.15) is 0 Å². The van der Waals surface area contributed by atoms with Crippen molar-refractivity contribution in [1.82, 2.24) is 0 Å². The van der Waals surface area contributed by atoms with Gasteiger partial charge in [0.2, 0.25) is 5.76 Å². The lowest BCUT2D eigenvalue weighted by atomic mass is 9.98. The summed E-state index contributed by atoms with van der Waals surface area (Å²) in [7, 11) is 0. The van der Waals surface area contributed by atoms with Gasteiger partial charge < -0.3 is 13.9 Å². The Morgan fingerprint density at radius 3 is 2.37 bits per heavy atom. The zero-order valence-corrected chi connectivity index (χ0v) is 22.4. The zero-order chi connectivity index (χ0) is 28.3. The van der Waals surface area contributed by atoms with E-state index in [2.05, 4.69) is 0 Å². The van der Waals surface area contributed by atoms with Crippen LogP contribution in [0.5, 0.6) is 11.5 Å². The summed E-state index contributed by atoms with van der Waals surface area (Å²) in [5, 5.41) is 0.396. The lowest BCUT2D eigenvalue weighted by Gasteiger charge is -2.25. The zero-order valence-electron chi connectivity index (χ0n) is 22.4. The smallest absolute Gasteiger partial charge is 0.338 e. The van der Waals surface area contributed by atoms with E-state index in [4.69, 9.17) is 13.9 Å². The van der Waals surface area contributed by atoms with Crippen LogP contribution in [0.2, 0.25) is 0 Å². The van der Waals surface area contributed by atoms with E-state index in [1.165, 1.54) is 4.90 Å². The first-order chi connectivity index (χ1) is 20.0. The molecule has 7 nitrogen and oxygen atoms in total. The van der Waals surface area contributed by atoms with Crippen LogP contribution in [-0.2, 0) is 4.74 Å². The molecule has 0 fully saturated rings. The third-order valence-electron chi connectivity index (χ3n) is 7.04. The van der Waals surface area contributed by atoms with Crippen molar-refractivity contribution in [2.45, 2.75) is 25.8 Å². The minimum atomic E-state index is -0.778. The number of nitrogens with zero attached hydrogens (tertiary/aromatic N) is 1. The highest BCUT2D eigenvalue weighted by molar-refractivity contribution is 6.10. The molecule has 0 aliphatic carbocycles. The van der Waals surface area contributed by atoms with Gasteiger partial charge >= 0.3 is 5.97 Å². The fraction of sp³-hybridized carbons (Fsp3) is 0.147. The SMILES string of the molecule is CCCCOC(=O)c1ccc(N2C(=O)c3oc4ccccc4c(=O)c3C2c2cccc(Oc3ccccc3)c2)cc1. The predicted octanol–water partition coefficient (Wildman–Crippen LogP) is 7.29. The number of esters is 1. The van der Waals surface area contributed by atoms with Crippen LogP contribution in [0.25, 0.3) is 11.0 Å². The van der Waals surface area contributed by atoms with Crippen molar-refractivity contribution >= 4 is 28.5 Å². The highest BCUT2D eigenvalue weighted by Gasteiger charge is 2.43. The van der Waals surface area contributed by atoms with E-state index >= 15 is 0 Å². The summed E-state index contributed by atoms with van der Waals surface area (Å²) in [6.07, 6.45) is 1.71. The van der Waals surface area contributed by atoms with Gasteiger partial charge in [0, 0.05) is 5.69 Å². The molecule has 1 atom stereocenters. The summed E-state index contributed by atoms with van der Waals surface area (Å²) in [6.45, 7) is 2.37. The molecule has 0 spiro atoms. The third kappa shape index (κ3) is 4.98. The number of carbonyl (C=O) groups excluding carboxylic acids is 2. The number of unbranched alkanes of at least 4 members (excludes halogenated alkanes) is 1. The maximum atomic E-state index is 13.9. The average molecular weight is 546 g/mol. The minimum absolute atomic E-state index is 0.00358. The third-order valence-corrected chi connectivity index (χ3v) is 7.04. The molecule has 0 saturated carbocycles. The molecule has 4 aromatic carbocycles. The number of hydrogen-bond acceptors (Lipinski definition) is 6. The van der Waals surface area contributed by atoms with E-state index in [1.54, 1.807) is 48.5 Å². The molecule has 2 heterocycles. The van der Waals surface area contributed by atoms with Gasteiger partial charge in [-0.25, -0.2) is 4.79 Å². The first-order valence-corrected chi connectivity index (χ1v) is 13.5. The molecule has 41 heavy (non-hydrogen) atoms. The average Bonchev–Trinajstić information content (AvgIpc) is 3.30. The van der Waals surface area contributed by atoms with E-state index in [9.17, 15) is 14.4 Å². The molecule has 0 N–H and O–H groups in total. The lowest BCUT2D eigenvalue weighted by Crippen LogP contribution is -2.29. The Balaban J connectivity index is 1.44. The monoisotopic (exact) mass is 545 g/mol. The summed E-state index contributed by atoms with van der Waals surface area (Å²) in [4.78, 5) is 41.8. The van der Waals surface area contributed by atoms with Gasteiger partial charge in [-0.05, 0) is 72.6 Å². The van der Waals surface area contributed by atoms with Crippen molar-refractivity contribution in [3.05, 3.63) is 136 Å². The number of rotatable bonds is 8. The molecule has 1 aliphatic heterocycles. The van der Waals surface area contributed by atoms with E-state index < -0.39 is 17.9 Å². The Bertz CT molecular complexity index is 1790. The standard InChI is InChI=1S/C34H27NO6/c1-2-3-20-39-34(38)22-16-18-24(19-17-22)35-30(23-10-9-13-26(21-23)40-25-11-5-4-6-12-25)29-31(36)27-14-7-8-15-28(27)41-32(29)33(35)37/h4-19,21,30H,2-3,20H2,1H3. The van der Waals surface area contributed by atoms with Gasteiger partial charge in [0.25, 0.3) is 5.91 Å². The first kappa shape index (κ1) is 26.1. The number of carbonyl (C=O) groups is 2. The van der Waals surface area contributed by atoms with Crippen molar-refractivity contribution in [2.75, 3.05) is 11.5 Å². The molecule has 1 aliphatic rings. The Morgan fingerprint density at radius 2 is 1.59 bits per heavy atom. The van der Waals surface area contributed by atoms with Crippen LogP contribution in [0, 0.1) is 0 Å². The Hall–Kier alpha value is -5.17. The summed E-state index contributed by atoms with van der Waals surface area (Å²) in [5.41, 5.74) is 1.90. The Kier molecular flexibility index (Phi) is 7.08. The lowest BCUT2D eigenvalue weighted by molar-refractivity contribution is 0.0499. The fourth-order valence-electron chi connectivity index (χ4n) is 5.02. The van der Waals surface area contributed by atoms with Crippen LogP contribution in [0.1, 0.15) is 57.8 Å². The van der Waals surface area contributed by atoms with Gasteiger partial charge in [0.15, 0.2) is 5.43 Å². The van der Waals surface area contributed by atoms with Gasteiger partial charge in [0.05, 0.1) is 29.2 Å². The predicted molar refractivity (Wildman–Crippen MR) is 156 cm³/mol. The summed E-state index contributed by atoms with van der Waals surface area (Å²) in [6, 6.07) is 29.4. The second-order valence-electron chi connectivity index (χ2n) is 9.77. The number of hydrogen-bond donors (Lipinski definition) is 0. The van der Waals surface area contributed by atoms with Crippen LogP contribution >= 0.6 is 0 Å². The normalized spacial score (nSPS) is 14.2. The second kappa shape index (κ2) is 11.1. The molecule has 6 rings (SSSR count). The molecule has 5 aromatic rings. The van der Waals surface area contributed by atoms with Crippen molar-refractivity contribution in [1.29, 1.82) is 0 Å². The van der Waals surface area contributed by atoms with E-state index in [1.807, 2.05) is 61.5 Å². The Labute approximate surface area is 236 Å². The van der Waals surface area contributed by atoms with E-state index in [0.29, 0.717) is 45.9 Å². The fourth-order valence-corrected chi connectivity index (χ4v) is 5.02. The number of benzene rings is 4. The second-order valence-corrected chi connectivity index (χ2v) is 9.77. The molecule has 0 radical (unpaired) electrons. The Morgan fingerprint density at radius 1 is 0.854 bits per heavy atom. The molecular formula is C34H27NO6. The van der Waals surface area contributed by atoms with Gasteiger partial charge in [0.1, 0.15) is 17.1 Å². The van der Waals surface area contributed by atoms with E-state index in [0.717, 1.165) is 12.8 Å². The van der Waals surface area contributed by atoms with Gasteiger partial charge in [-0.3, -0.25) is 14.5 Å². The molecule has 0 saturated heterocycles. The number of fused-ring (bicyclic) bond motifs is 2. The van der Waals surface area contributed by atoms with Crippen LogP contribution in [0.4, 0.5) is 5.69 Å². The molecular weight excluding hydrogens is 518 g/mol. The van der Waals surface area contributed by atoms with Crippen LogP contribution in [0.15, 0.2) is 112 Å². The number of para-hydroxylation sites is 2. The highest BCUT2D eigenvalue weighted by atomic mass is 16.5. The van der Waals surface area contributed by atoms with Crippen LogP contribution in [0.3, 0.4) is 0 Å². The molecule has 1 aromatic heterocycles. The number of amides is 1. The molecule has 1 amide bonds. The molecule has 1 unspecified atom stereocenters. The van der Waals surface area contributed by atoms with Crippen molar-refractivity contribution in [3.8, 4) is 11.5 Å². The summed E-state index contributed by atoms with van der Waals surface area (Å²) in [5.74, 6) is 0.351. The van der Waals surface area contributed by atoms with Crippen LogP contribution in [-0.4, -0.2) is 18.5 Å². The maximum Gasteiger partial charge on any atom is 0.338 e. The van der Waals surface area contributed by atoms with Crippen molar-refractivity contribution in [3.63, 3.8) is 0 Å². The quantitative estimate of drug-likeness (QED) is 0.150. The van der Waals surface area contributed by atoms with E-state index in [-0.39, 0.29) is 16.8 Å². The van der Waals surface area contributed by atoms with Crippen molar-refractivity contribution in [2.24, 2.45) is 0 Å². The van der Waals surface area contributed by atoms with Crippen molar-refractivity contribution < 1.29 is 23.5 Å². The van der Waals surface area contributed by atoms with Crippen LogP contribution < -0.4 is 15.1 Å². The summed E-state index contributed by atoms with van der Waals surface area (Å²) < 4.78 is 17.4. The molecule has 7 heteroatoms. The number of anilines is 1. The van der Waals surface area contributed by atoms with Gasteiger partial charge in [-0.15, -0.1) is 0 Å². The summed E-state index contributed by atoms with van der Waals surface area (Å²) >= 11 is 0. The first-order valence-electron chi connectivity index (χ1n) is 13.5.